The van der Waals surface area contributed by atoms with Crippen molar-refractivity contribution in [3.05, 3.63) is 55.3 Å². The number of hydrogen-bond donors (Lipinski definition) is 0. The molecule has 0 atom stereocenters. The summed E-state index contributed by atoms with van der Waals surface area (Å²) >= 11 is 0. The largest absolute Gasteiger partial charge is 0 e. The average Bonchev–Trinajstić information content (AvgIpc) is 2.45. The molecule has 1 rings (SSSR count). The molecule has 0 saturated heterocycles. The molecule has 0 bridgehead atoms. The Labute approximate surface area is 131 Å². The molecule has 0 aliphatic rings. The minimum atomic E-state index is 0. The summed E-state index contributed by atoms with van der Waals surface area (Å²) in [5.41, 5.74) is 2.84. The number of rotatable bonds is 2. The van der Waals surface area contributed by atoms with Gasteiger partial charge in [0.1, 0.15) is 0 Å². The van der Waals surface area contributed by atoms with Gasteiger partial charge in [-0.1, -0.05) is 45.0 Å². The molecular weight excluding hydrogens is 296 g/mol. The average molecular weight is 314 g/mol. The quantitative estimate of drug-likeness (QED) is 0.611. The van der Waals surface area contributed by atoms with E-state index in [1.807, 2.05) is 0 Å². The molecule has 0 heterocycles. The number of benzene rings is 1. The van der Waals surface area contributed by atoms with Crippen LogP contribution in [0.5, 0.6) is 0 Å². The second-order valence-corrected chi connectivity index (χ2v) is 4.38. The smallest absolute Gasteiger partial charge is 0 e. The van der Waals surface area contributed by atoms with Crippen LogP contribution in [0, 0.1) is 20.0 Å². The maximum Gasteiger partial charge on any atom is 0 e. The van der Waals surface area contributed by atoms with Crippen LogP contribution in [0.15, 0.2) is 24.3 Å². The molecule has 0 radical (unpaired) electrons. The van der Waals surface area contributed by atoms with Gasteiger partial charge in [0.2, 0.25) is 0 Å². The van der Waals surface area contributed by atoms with Gasteiger partial charge in [-0.15, -0.1) is 0 Å². The van der Waals surface area contributed by atoms with Crippen molar-refractivity contribution in [2.24, 2.45) is 0 Å². The molecule has 4 nitrogen and oxygen atoms in total. The summed E-state index contributed by atoms with van der Waals surface area (Å²) in [6, 6.07) is 8.61. The Bertz CT molecular complexity index is 357. The van der Waals surface area contributed by atoms with Crippen molar-refractivity contribution in [2.75, 3.05) is 7.11 Å². The number of ether oxygens (including phenoxy) is 1. The first-order valence-corrected chi connectivity index (χ1v) is 5.23. The van der Waals surface area contributed by atoms with E-state index in [-0.39, 0.29) is 22.8 Å². The van der Waals surface area contributed by atoms with Crippen molar-refractivity contribution >= 4 is 0 Å². The zero-order valence-corrected chi connectivity index (χ0v) is 13.3. The van der Waals surface area contributed by atoms with E-state index >= 15 is 0 Å². The van der Waals surface area contributed by atoms with Gasteiger partial charge in [-0.3, -0.25) is 0 Å². The SMILES string of the molecule is COCc1ccc(C(C)(C)C)cc1.[C-]#[O+].[C-]#[O+].[C-]#[O+].[Cr]. The van der Waals surface area contributed by atoms with Gasteiger partial charge in [0.05, 0.1) is 6.61 Å². The van der Waals surface area contributed by atoms with E-state index in [1.54, 1.807) is 7.11 Å². The summed E-state index contributed by atoms with van der Waals surface area (Å²) in [5.74, 6) is 0. The Balaban J connectivity index is -0.000000162. The fourth-order valence-corrected chi connectivity index (χ4v) is 1.27. The fraction of sp³-hybridized carbons (Fsp3) is 0.400. The molecular formula is C15H18CrO4. The molecule has 0 N–H and O–H groups in total. The fourth-order valence-electron chi connectivity index (χ4n) is 1.27. The van der Waals surface area contributed by atoms with Crippen LogP contribution in [0.3, 0.4) is 0 Å². The maximum absolute atomic E-state index is 7.50. The standard InChI is InChI=1S/C12H18O.3CO.Cr/c1-12(2,3)11-7-5-10(6-8-11)9-13-4;3*1-2;/h5-8H,9H2,1-4H3;;;;. The summed E-state index contributed by atoms with van der Waals surface area (Å²) in [6.45, 7) is 20.9. The molecule has 20 heavy (non-hydrogen) atoms. The normalized spacial score (nSPS) is 7.90. The van der Waals surface area contributed by atoms with Gasteiger partial charge in [-0.05, 0) is 16.5 Å². The van der Waals surface area contributed by atoms with Crippen LogP contribution in [-0.2, 0) is 48.1 Å². The van der Waals surface area contributed by atoms with Crippen LogP contribution in [0.4, 0.5) is 0 Å². The van der Waals surface area contributed by atoms with Gasteiger partial charge in [0.15, 0.2) is 0 Å². The molecule has 0 saturated carbocycles. The van der Waals surface area contributed by atoms with E-state index in [4.69, 9.17) is 18.7 Å². The Kier molecular flexibility index (Phi) is 24.5. The molecule has 0 aliphatic heterocycles. The Morgan fingerprint density at radius 3 is 1.50 bits per heavy atom. The summed E-state index contributed by atoms with van der Waals surface area (Å²) in [6.07, 6.45) is 0. The van der Waals surface area contributed by atoms with Gasteiger partial charge in [-0.25, -0.2) is 0 Å². The number of hydrogen-bond acceptors (Lipinski definition) is 1. The van der Waals surface area contributed by atoms with E-state index in [0.717, 1.165) is 0 Å². The first-order chi connectivity index (χ1) is 9.04. The van der Waals surface area contributed by atoms with Crippen molar-refractivity contribution in [2.45, 2.75) is 32.8 Å². The van der Waals surface area contributed by atoms with Crippen molar-refractivity contribution < 1.29 is 36.1 Å². The first kappa shape index (κ1) is 27.3. The molecule has 0 spiro atoms. The molecule has 0 aliphatic carbocycles. The van der Waals surface area contributed by atoms with Crippen molar-refractivity contribution in [1.29, 1.82) is 0 Å². The van der Waals surface area contributed by atoms with Crippen molar-refractivity contribution in [3.63, 3.8) is 0 Å². The molecule has 0 unspecified atom stereocenters. The van der Waals surface area contributed by atoms with Gasteiger partial charge >= 0.3 is 33.9 Å². The first-order valence-electron chi connectivity index (χ1n) is 5.23. The Morgan fingerprint density at radius 2 is 1.25 bits per heavy atom. The summed E-state index contributed by atoms with van der Waals surface area (Å²) < 4.78 is 27.6. The van der Waals surface area contributed by atoms with Crippen LogP contribution in [0.1, 0.15) is 31.9 Å². The minimum absolute atomic E-state index is 0. The Morgan fingerprint density at radius 1 is 0.900 bits per heavy atom. The maximum atomic E-state index is 7.50. The van der Waals surface area contributed by atoms with Gasteiger partial charge in [0, 0.05) is 24.5 Å². The topological polar surface area (TPSA) is 68.9 Å². The molecule has 108 valence electrons. The second-order valence-electron chi connectivity index (χ2n) is 4.38. The van der Waals surface area contributed by atoms with Gasteiger partial charge < -0.3 is 4.74 Å². The van der Waals surface area contributed by atoms with Crippen LogP contribution in [-0.4, -0.2) is 7.11 Å². The predicted octanol–water partition coefficient (Wildman–Crippen LogP) is 3.02. The second kappa shape index (κ2) is 17.9. The Hall–Kier alpha value is -1.07. The van der Waals surface area contributed by atoms with E-state index in [2.05, 4.69) is 65.0 Å². The third kappa shape index (κ3) is 13.4. The summed E-state index contributed by atoms with van der Waals surface area (Å²) in [4.78, 5) is 0. The number of methoxy groups -OCH3 is 1. The molecule has 5 heteroatoms. The van der Waals surface area contributed by atoms with E-state index in [1.165, 1.54) is 11.1 Å². The predicted molar refractivity (Wildman–Crippen MR) is 67.6 cm³/mol. The summed E-state index contributed by atoms with van der Waals surface area (Å²) in [7, 11) is 1.72. The zero-order chi connectivity index (χ0) is 15.9. The van der Waals surface area contributed by atoms with E-state index in [9.17, 15) is 0 Å². The van der Waals surface area contributed by atoms with Crippen LogP contribution in [0.2, 0.25) is 0 Å². The van der Waals surface area contributed by atoms with E-state index in [0.29, 0.717) is 6.61 Å². The third-order valence-corrected chi connectivity index (χ3v) is 2.13. The van der Waals surface area contributed by atoms with Crippen LogP contribution < -0.4 is 0 Å². The van der Waals surface area contributed by atoms with Crippen molar-refractivity contribution in [3.8, 4) is 0 Å². The zero-order valence-electron chi connectivity index (χ0n) is 12.1. The van der Waals surface area contributed by atoms with Gasteiger partial charge in [-0.2, -0.15) is 0 Å². The van der Waals surface area contributed by atoms with Crippen LogP contribution in [0.25, 0.3) is 0 Å². The summed E-state index contributed by atoms with van der Waals surface area (Å²) in [5, 5.41) is 0. The van der Waals surface area contributed by atoms with Crippen LogP contribution >= 0.6 is 0 Å². The molecule has 0 fully saturated rings. The molecule has 1 aromatic carbocycles. The molecule has 0 amide bonds. The molecule has 0 aromatic heterocycles. The van der Waals surface area contributed by atoms with Gasteiger partial charge in [0.25, 0.3) is 0 Å². The third-order valence-electron chi connectivity index (χ3n) is 2.13. The van der Waals surface area contributed by atoms with Crippen molar-refractivity contribution in [1.82, 2.24) is 0 Å². The van der Waals surface area contributed by atoms with E-state index < -0.39 is 0 Å². The monoisotopic (exact) mass is 314 g/mol. The minimum Gasteiger partial charge on any atom is 0 e. The molecule has 1 aromatic rings.